The Labute approximate surface area is 152 Å². The van der Waals surface area contributed by atoms with E-state index in [4.69, 9.17) is 9.15 Å². The largest absolute Gasteiger partial charge is 0.478 e. The van der Waals surface area contributed by atoms with Gasteiger partial charge in [0.25, 0.3) is 0 Å². The van der Waals surface area contributed by atoms with E-state index in [0.717, 1.165) is 6.26 Å². The first-order chi connectivity index (χ1) is 11.8. The predicted molar refractivity (Wildman–Crippen MR) is 95.4 cm³/mol. The van der Waals surface area contributed by atoms with Gasteiger partial charge in [0, 0.05) is 6.26 Å². The Kier molecular flexibility index (Phi) is 4.57. The second-order valence-corrected chi connectivity index (χ2v) is 7.96. The molecule has 1 heterocycles. The molecule has 1 aromatic heterocycles. The quantitative estimate of drug-likeness (QED) is 0.616. The van der Waals surface area contributed by atoms with Crippen LogP contribution in [0.5, 0.6) is 11.5 Å². The molecule has 0 saturated heterocycles. The summed E-state index contributed by atoms with van der Waals surface area (Å²) >= 11 is 3.29. The van der Waals surface area contributed by atoms with Crippen molar-refractivity contribution < 1.29 is 27.5 Å². The minimum Gasteiger partial charge on any atom is -0.478 e. The number of carbonyl (C=O) groups is 1. The van der Waals surface area contributed by atoms with Gasteiger partial charge in [-0.1, -0.05) is 15.9 Å². The molecule has 0 aliphatic rings. The van der Waals surface area contributed by atoms with E-state index in [2.05, 4.69) is 15.9 Å². The van der Waals surface area contributed by atoms with Crippen molar-refractivity contribution in [1.29, 1.82) is 0 Å². The summed E-state index contributed by atoms with van der Waals surface area (Å²) in [6.45, 7) is 0. The average Bonchev–Trinajstić information content (AvgIpc) is 2.98. The Morgan fingerprint density at radius 3 is 2.44 bits per heavy atom. The van der Waals surface area contributed by atoms with E-state index < -0.39 is 15.8 Å². The molecule has 3 aromatic rings. The third kappa shape index (κ3) is 3.69. The number of hydrogen-bond donors (Lipinski definition) is 1. The number of carboxylic acid groups (broad SMARTS) is 1. The minimum absolute atomic E-state index is 0.0331. The number of carboxylic acids is 1. The van der Waals surface area contributed by atoms with Gasteiger partial charge in [-0.25, -0.2) is 13.2 Å². The molecule has 0 amide bonds. The van der Waals surface area contributed by atoms with Crippen LogP contribution in [0.2, 0.25) is 0 Å². The second kappa shape index (κ2) is 6.53. The van der Waals surface area contributed by atoms with Crippen molar-refractivity contribution in [2.24, 2.45) is 0 Å². The molecule has 130 valence electrons. The highest BCUT2D eigenvalue weighted by Gasteiger charge is 2.15. The molecule has 1 N–H and O–H groups in total. The van der Waals surface area contributed by atoms with Crippen LogP contribution in [0.15, 0.2) is 51.8 Å². The van der Waals surface area contributed by atoms with Crippen molar-refractivity contribution >= 4 is 42.7 Å². The summed E-state index contributed by atoms with van der Waals surface area (Å²) in [5.74, 6) is 0.238. The van der Waals surface area contributed by atoms with Crippen LogP contribution in [0.1, 0.15) is 16.1 Å². The van der Waals surface area contributed by atoms with Gasteiger partial charge in [0.15, 0.2) is 9.84 Å². The highest BCUT2D eigenvalue weighted by molar-refractivity contribution is 9.08. The molecule has 0 spiro atoms. The number of furan rings is 1. The van der Waals surface area contributed by atoms with Crippen LogP contribution in [0, 0.1) is 0 Å². The standard InChI is InChI=1S/C17H13BrO6S/c1-25(21,22)13-4-2-11(3-5-13)23-15-6-10(17(19)20)7-16-14(15)8-12(9-18)24-16/h2-8H,9H2,1H3,(H,19,20). The number of benzene rings is 2. The number of ether oxygens (including phenoxy) is 1. The second-order valence-electron chi connectivity index (χ2n) is 5.38. The molecule has 0 unspecified atom stereocenters. The van der Waals surface area contributed by atoms with Gasteiger partial charge in [0.2, 0.25) is 0 Å². The van der Waals surface area contributed by atoms with Gasteiger partial charge in [-0.2, -0.15) is 0 Å². The van der Waals surface area contributed by atoms with Crippen LogP contribution < -0.4 is 4.74 Å². The van der Waals surface area contributed by atoms with Gasteiger partial charge in [0.05, 0.1) is 21.2 Å². The smallest absolute Gasteiger partial charge is 0.335 e. The molecule has 3 rings (SSSR count). The van der Waals surface area contributed by atoms with Crippen LogP contribution in [-0.2, 0) is 15.2 Å². The normalized spacial score (nSPS) is 11.6. The van der Waals surface area contributed by atoms with E-state index >= 15 is 0 Å². The summed E-state index contributed by atoms with van der Waals surface area (Å²) in [5.41, 5.74) is 0.433. The summed E-state index contributed by atoms with van der Waals surface area (Å²) in [6.07, 6.45) is 1.12. The number of fused-ring (bicyclic) bond motifs is 1. The third-order valence-corrected chi connectivity index (χ3v) is 5.19. The molecule has 2 aromatic carbocycles. The summed E-state index contributed by atoms with van der Waals surface area (Å²) in [5, 5.41) is 10.4. The molecule has 0 saturated carbocycles. The molecule has 0 aliphatic heterocycles. The number of alkyl halides is 1. The lowest BCUT2D eigenvalue weighted by molar-refractivity contribution is 0.0696. The van der Waals surface area contributed by atoms with Gasteiger partial charge >= 0.3 is 5.97 Å². The van der Waals surface area contributed by atoms with Gasteiger partial charge in [-0.15, -0.1) is 0 Å². The maximum atomic E-state index is 11.5. The van der Waals surface area contributed by atoms with Crippen molar-refractivity contribution in [3.63, 3.8) is 0 Å². The summed E-state index contributed by atoms with van der Waals surface area (Å²) < 4.78 is 34.4. The molecule has 0 fully saturated rings. The first kappa shape index (κ1) is 17.5. The monoisotopic (exact) mass is 424 g/mol. The van der Waals surface area contributed by atoms with Crippen molar-refractivity contribution in [2.75, 3.05) is 6.26 Å². The minimum atomic E-state index is -3.30. The van der Waals surface area contributed by atoms with Crippen molar-refractivity contribution in [3.05, 3.63) is 53.8 Å². The number of rotatable bonds is 5. The fourth-order valence-electron chi connectivity index (χ4n) is 2.32. The molecule has 0 bridgehead atoms. The van der Waals surface area contributed by atoms with Crippen molar-refractivity contribution in [2.45, 2.75) is 10.2 Å². The van der Waals surface area contributed by atoms with E-state index in [1.807, 2.05) is 0 Å². The lowest BCUT2D eigenvalue weighted by Gasteiger charge is -2.08. The zero-order valence-electron chi connectivity index (χ0n) is 13.0. The lowest BCUT2D eigenvalue weighted by Crippen LogP contribution is -1.98. The van der Waals surface area contributed by atoms with Gasteiger partial charge < -0.3 is 14.3 Å². The fourth-order valence-corrected chi connectivity index (χ4v) is 3.22. The summed E-state index contributed by atoms with van der Waals surface area (Å²) in [6, 6.07) is 10.5. The van der Waals surface area contributed by atoms with Gasteiger partial charge in [0.1, 0.15) is 22.8 Å². The molecule has 0 aliphatic carbocycles. The zero-order valence-corrected chi connectivity index (χ0v) is 15.4. The van der Waals surface area contributed by atoms with Gasteiger partial charge in [-0.3, -0.25) is 0 Å². The molecule has 25 heavy (non-hydrogen) atoms. The van der Waals surface area contributed by atoms with E-state index in [0.29, 0.717) is 33.6 Å². The number of aromatic carboxylic acids is 1. The van der Waals surface area contributed by atoms with E-state index in [1.165, 1.54) is 36.4 Å². The average molecular weight is 425 g/mol. The predicted octanol–water partition coefficient (Wildman–Crippen LogP) is 4.22. The highest BCUT2D eigenvalue weighted by Crippen LogP contribution is 2.34. The molecular weight excluding hydrogens is 412 g/mol. The van der Waals surface area contributed by atoms with E-state index in [-0.39, 0.29) is 10.5 Å². The van der Waals surface area contributed by atoms with Crippen molar-refractivity contribution in [3.8, 4) is 11.5 Å². The molecule has 0 atom stereocenters. The Morgan fingerprint density at radius 2 is 1.88 bits per heavy atom. The number of halogens is 1. The first-order valence-corrected chi connectivity index (χ1v) is 10.1. The van der Waals surface area contributed by atoms with Crippen molar-refractivity contribution in [1.82, 2.24) is 0 Å². The molecule has 6 nitrogen and oxygen atoms in total. The maximum absolute atomic E-state index is 11.5. The Balaban J connectivity index is 2.05. The zero-order chi connectivity index (χ0) is 18.2. The van der Waals surface area contributed by atoms with Crippen LogP contribution in [-0.4, -0.2) is 25.7 Å². The Morgan fingerprint density at radius 1 is 1.20 bits per heavy atom. The van der Waals surface area contributed by atoms with Crippen LogP contribution in [0.4, 0.5) is 0 Å². The van der Waals surface area contributed by atoms with Crippen LogP contribution >= 0.6 is 15.9 Å². The van der Waals surface area contributed by atoms with Crippen LogP contribution in [0.25, 0.3) is 11.0 Å². The molecular formula is C17H13BrO6S. The van der Waals surface area contributed by atoms with Crippen LogP contribution in [0.3, 0.4) is 0 Å². The van der Waals surface area contributed by atoms with E-state index in [1.54, 1.807) is 6.07 Å². The molecule has 8 heteroatoms. The SMILES string of the molecule is CS(=O)(=O)c1ccc(Oc2cc(C(=O)O)cc3oc(CBr)cc23)cc1. The van der Waals surface area contributed by atoms with E-state index in [9.17, 15) is 18.3 Å². The van der Waals surface area contributed by atoms with Gasteiger partial charge in [-0.05, 0) is 42.5 Å². The third-order valence-electron chi connectivity index (χ3n) is 3.51. The summed E-state index contributed by atoms with van der Waals surface area (Å²) in [7, 11) is -3.30. The summed E-state index contributed by atoms with van der Waals surface area (Å²) in [4.78, 5) is 11.5. The maximum Gasteiger partial charge on any atom is 0.335 e. The first-order valence-electron chi connectivity index (χ1n) is 7.11. The lowest BCUT2D eigenvalue weighted by atomic mass is 10.1. The topological polar surface area (TPSA) is 93.8 Å². The fraction of sp³-hybridized carbons (Fsp3) is 0.118. The number of sulfone groups is 1. The Hall–Kier alpha value is -2.32. The number of hydrogen-bond acceptors (Lipinski definition) is 5. The molecule has 0 radical (unpaired) electrons. The highest BCUT2D eigenvalue weighted by atomic mass is 79.9. The Bertz CT molecular complexity index is 1050.